The van der Waals surface area contributed by atoms with Crippen molar-refractivity contribution >= 4 is 0 Å². The molecule has 1 rings (SSSR count). The number of likely N-dealkylation sites (tertiary alicyclic amines) is 1. The van der Waals surface area contributed by atoms with E-state index in [-0.39, 0.29) is 12.0 Å². The molecule has 3 atom stereocenters. The Morgan fingerprint density at radius 2 is 2.11 bits per heavy atom. The van der Waals surface area contributed by atoms with E-state index in [1.807, 2.05) is 4.90 Å². The zero-order valence-corrected chi connectivity index (χ0v) is 10.6. The molecule has 1 saturated heterocycles. The van der Waals surface area contributed by atoms with E-state index in [1.54, 1.807) is 6.92 Å². The maximum Gasteiger partial charge on any atom is 0.401 e. The first-order chi connectivity index (χ1) is 8.31. The predicted octanol–water partition coefficient (Wildman–Crippen LogP) is 0.168. The Kier molecular flexibility index (Phi) is 5.84. The van der Waals surface area contributed by atoms with Crippen LogP contribution in [0.2, 0.25) is 0 Å². The average molecular weight is 269 g/mol. The van der Waals surface area contributed by atoms with Crippen LogP contribution in [0.5, 0.6) is 0 Å². The molecule has 0 bridgehead atoms. The summed E-state index contributed by atoms with van der Waals surface area (Å²) in [5.74, 6) is -0.00367. The van der Waals surface area contributed by atoms with Gasteiger partial charge in [0.15, 0.2) is 0 Å². The minimum absolute atomic E-state index is 0.00367. The van der Waals surface area contributed by atoms with Gasteiger partial charge in [-0.3, -0.25) is 0 Å². The van der Waals surface area contributed by atoms with Gasteiger partial charge in [0.1, 0.15) is 0 Å². The second-order valence-electron chi connectivity index (χ2n) is 4.98. The standard InChI is InChI=1S/C11H22F3N3O/c1-8(18)9-4-10(16-7-11(12,13)14)6-17(5-9)3-2-15/h8-10,16,18H,2-7,15H2,1H3. The van der Waals surface area contributed by atoms with Gasteiger partial charge in [0, 0.05) is 32.2 Å². The summed E-state index contributed by atoms with van der Waals surface area (Å²) < 4.78 is 36.5. The summed E-state index contributed by atoms with van der Waals surface area (Å²) >= 11 is 0. The van der Waals surface area contributed by atoms with Crippen molar-refractivity contribution in [1.82, 2.24) is 10.2 Å². The Bertz CT molecular complexity index is 248. The zero-order chi connectivity index (χ0) is 13.8. The highest BCUT2D eigenvalue weighted by atomic mass is 19.4. The van der Waals surface area contributed by atoms with Crippen molar-refractivity contribution in [2.24, 2.45) is 11.7 Å². The van der Waals surface area contributed by atoms with E-state index in [1.165, 1.54) is 0 Å². The van der Waals surface area contributed by atoms with Gasteiger partial charge in [-0.15, -0.1) is 0 Å². The first kappa shape index (κ1) is 15.7. The molecule has 0 aromatic carbocycles. The highest BCUT2D eigenvalue weighted by Crippen LogP contribution is 2.21. The van der Waals surface area contributed by atoms with E-state index in [9.17, 15) is 18.3 Å². The van der Waals surface area contributed by atoms with Crippen LogP contribution in [0.25, 0.3) is 0 Å². The third-order valence-corrected chi connectivity index (χ3v) is 3.28. The minimum atomic E-state index is -4.20. The summed E-state index contributed by atoms with van der Waals surface area (Å²) in [4.78, 5) is 2.01. The smallest absolute Gasteiger partial charge is 0.393 e. The van der Waals surface area contributed by atoms with Crippen LogP contribution in [0.3, 0.4) is 0 Å². The first-order valence-electron chi connectivity index (χ1n) is 6.22. The number of aliphatic hydroxyl groups is 1. The van der Waals surface area contributed by atoms with Crippen molar-refractivity contribution in [2.45, 2.75) is 31.7 Å². The van der Waals surface area contributed by atoms with Gasteiger partial charge in [-0.05, 0) is 19.3 Å². The largest absolute Gasteiger partial charge is 0.401 e. The molecule has 7 heteroatoms. The summed E-state index contributed by atoms with van der Waals surface area (Å²) in [5, 5.41) is 12.1. The molecule has 0 aromatic heterocycles. The molecular weight excluding hydrogens is 247 g/mol. The van der Waals surface area contributed by atoms with Crippen LogP contribution in [0.1, 0.15) is 13.3 Å². The van der Waals surface area contributed by atoms with E-state index in [4.69, 9.17) is 5.73 Å². The lowest BCUT2D eigenvalue weighted by Gasteiger charge is -2.39. The number of hydrogen-bond donors (Lipinski definition) is 3. The second kappa shape index (κ2) is 6.70. The van der Waals surface area contributed by atoms with Gasteiger partial charge in [0.05, 0.1) is 12.6 Å². The molecule has 0 amide bonds. The molecule has 4 N–H and O–H groups in total. The molecule has 1 heterocycles. The maximum atomic E-state index is 12.2. The van der Waals surface area contributed by atoms with Crippen LogP contribution in [0, 0.1) is 5.92 Å². The van der Waals surface area contributed by atoms with Crippen LogP contribution in [0.15, 0.2) is 0 Å². The highest BCUT2D eigenvalue weighted by molar-refractivity contribution is 4.86. The van der Waals surface area contributed by atoms with Gasteiger partial charge in [-0.2, -0.15) is 13.2 Å². The van der Waals surface area contributed by atoms with Crippen LogP contribution < -0.4 is 11.1 Å². The Morgan fingerprint density at radius 1 is 1.44 bits per heavy atom. The molecular formula is C11H22F3N3O. The van der Waals surface area contributed by atoms with E-state index in [2.05, 4.69) is 5.32 Å². The SMILES string of the molecule is CC(O)C1CC(NCC(F)(F)F)CN(CCN)C1. The van der Waals surface area contributed by atoms with Gasteiger partial charge >= 0.3 is 6.18 Å². The molecule has 1 aliphatic rings. The number of aliphatic hydroxyl groups excluding tert-OH is 1. The van der Waals surface area contributed by atoms with Crippen molar-refractivity contribution in [1.29, 1.82) is 0 Å². The normalized spacial score (nSPS) is 28.3. The van der Waals surface area contributed by atoms with Crippen molar-refractivity contribution in [2.75, 3.05) is 32.7 Å². The number of hydrogen-bond acceptors (Lipinski definition) is 4. The summed E-state index contributed by atoms with van der Waals surface area (Å²) in [6, 6.07) is -0.244. The molecule has 18 heavy (non-hydrogen) atoms. The number of nitrogens with zero attached hydrogens (tertiary/aromatic N) is 1. The molecule has 0 saturated carbocycles. The van der Waals surface area contributed by atoms with Crippen LogP contribution >= 0.6 is 0 Å². The topological polar surface area (TPSA) is 61.5 Å². The summed E-state index contributed by atoms with van der Waals surface area (Å²) in [5.41, 5.74) is 5.46. The number of alkyl halides is 3. The first-order valence-corrected chi connectivity index (χ1v) is 6.22. The molecule has 0 radical (unpaired) electrons. The molecule has 0 spiro atoms. The molecule has 4 nitrogen and oxygen atoms in total. The monoisotopic (exact) mass is 269 g/mol. The lowest BCUT2D eigenvalue weighted by atomic mass is 9.90. The molecule has 3 unspecified atom stereocenters. The minimum Gasteiger partial charge on any atom is -0.393 e. The van der Waals surface area contributed by atoms with Crippen LogP contribution in [-0.2, 0) is 0 Å². The second-order valence-corrected chi connectivity index (χ2v) is 4.98. The number of nitrogens with two attached hydrogens (primary N) is 1. The van der Waals surface area contributed by atoms with Gasteiger partial charge < -0.3 is 21.1 Å². The number of rotatable bonds is 5. The fourth-order valence-electron chi connectivity index (χ4n) is 2.35. The van der Waals surface area contributed by atoms with Crippen molar-refractivity contribution < 1.29 is 18.3 Å². The molecule has 1 aliphatic heterocycles. The van der Waals surface area contributed by atoms with E-state index < -0.39 is 18.8 Å². The van der Waals surface area contributed by atoms with Gasteiger partial charge in [-0.1, -0.05) is 0 Å². The van der Waals surface area contributed by atoms with E-state index in [0.717, 1.165) is 0 Å². The lowest BCUT2D eigenvalue weighted by molar-refractivity contribution is -0.127. The maximum absolute atomic E-state index is 12.2. The average Bonchev–Trinajstić information content (AvgIpc) is 2.25. The van der Waals surface area contributed by atoms with Crippen molar-refractivity contribution in [3.63, 3.8) is 0 Å². The number of nitrogens with one attached hydrogen (secondary N) is 1. The van der Waals surface area contributed by atoms with E-state index in [0.29, 0.717) is 32.6 Å². The number of piperidine rings is 1. The van der Waals surface area contributed by atoms with Gasteiger partial charge in [0.2, 0.25) is 0 Å². The predicted molar refractivity (Wildman–Crippen MR) is 63.1 cm³/mol. The van der Waals surface area contributed by atoms with Gasteiger partial charge in [0.25, 0.3) is 0 Å². The summed E-state index contributed by atoms with van der Waals surface area (Å²) in [6.45, 7) is 3.06. The number of halogens is 3. The highest BCUT2D eigenvalue weighted by Gasteiger charge is 2.33. The van der Waals surface area contributed by atoms with Gasteiger partial charge in [-0.25, -0.2) is 0 Å². The molecule has 0 aromatic rings. The van der Waals surface area contributed by atoms with Crippen molar-refractivity contribution in [3.05, 3.63) is 0 Å². The molecule has 1 fully saturated rings. The molecule has 108 valence electrons. The summed E-state index contributed by atoms with van der Waals surface area (Å²) in [6.07, 6.45) is -4.15. The quantitative estimate of drug-likeness (QED) is 0.666. The lowest BCUT2D eigenvalue weighted by Crippen LogP contribution is -2.53. The summed E-state index contributed by atoms with van der Waals surface area (Å²) in [7, 11) is 0. The molecule has 0 aliphatic carbocycles. The Balaban J connectivity index is 2.50. The zero-order valence-electron chi connectivity index (χ0n) is 10.6. The Labute approximate surface area is 105 Å². The third kappa shape index (κ3) is 5.51. The fraction of sp³-hybridized carbons (Fsp3) is 1.00. The van der Waals surface area contributed by atoms with Crippen LogP contribution in [-0.4, -0.2) is 61.1 Å². The van der Waals surface area contributed by atoms with Crippen LogP contribution in [0.4, 0.5) is 13.2 Å². The van der Waals surface area contributed by atoms with E-state index >= 15 is 0 Å². The Morgan fingerprint density at radius 3 is 2.61 bits per heavy atom. The Hall–Kier alpha value is -0.370. The third-order valence-electron chi connectivity index (χ3n) is 3.28. The van der Waals surface area contributed by atoms with Crippen molar-refractivity contribution in [3.8, 4) is 0 Å². The fourth-order valence-corrected chi connectivity index (χ4v) is 2.35.